The molecule has 4 nitrogen and oxygen atoms in total. The highest BCUT2D eigenvalue weighted by Crippen LogP contribution is 2.30. The Kier molecular flexibility index (Phi) is 4.44. The van der Waals surface area contributed by atoms with Crippen molar-refractivity contribution in [1.29, 1.82) is 0 Å². The third kappa shape index (κ3) is 3.07. The Morgan fingerprint density at radius 3 is 2.60 bits per heavy atom. The molecule has 6 heteroatoms. The van der Waals surface area contributed by atoms with Gasteiger partial charge in [0.1, 0.15) is 0 Å². The van der Waals surface area contributed by atoms with Crippen LogP contribution in [0.1, 0.15) is 29.1 Å². The normalized spacial score (nSPS) is 12.2. The van der Waals surface area contributed by atoms with Crippen LogP contribution in [-0.2, 0) is 0 Å². The summed E-state index contributed by atoms with van der Waals surface area (Å²) in [6.45, 7) is 1.73. The van der Waals surface area contributed by atoms with Gasteiger partial charge in [0.25, 0.3) is 5.91 Å². The molecule has 0 radical (unpaired) electrons. The molecule has 2 aromatic carbocycles. The molecular formula is C19H17F2NO3. The SMILES string of the molecule is COc1cccc2cc(C(=O)N(C)C(C)c3ccc(F)c(F)c3)oc12. The van der Waals surface area contributed by atoms with Gasteiger partial charge in [0.15, 0.2) is 28.7 Å². The van der Waals surface area contributed by atoms with E-state index in [1.807, 2.05) is 6.07 Å². The quantitative estimate of drug-likeness (QED) is 0.696. The number of furan rings is 1. The Balaban J connectivity index is 1.90. The third-order valence-corrected chi connectivity index (χ3v) is 4.27. The number of amides is 1. The second-order valence-corrected chi connectivity index (χ2v) is 5.75. The summed E-state index contributed by atoms with van der Waals surface area (Å²) in [7, 11) is 3.11. The number of hydrogen-bond acceptors (Lipinski definition) is 3. The van der Waals surface area contributed by atoms with E-state index in [2.05, 4.69) is 0 Å². The second kappa shape index (κ2) is 6.55. The maximum atomic E-state index is 13.4. The molecule has 3 aromatic rings. The molecule has 3 rings (SSSR count). The average molecular weight is 345 g/mol. The molecule has 0 N–H and O–H groups in total. The Labute approximate surface area is 143 Å². The van der Waals surface area contributed by atoms with Gasteiger partial charge >= 0.3 is 0 Å². The van der Waals surface area contributed by atoms with Crippen LogP contribution in [0.5, 0.6) is 5.75 Å². The summed E-state index contributed by atoms with van der Waals surface area (Å²) in [4.78, 5) is 14.1. The number of carbonyl (C=O) groups excluding carboxylic acids is 1. The predicted molar refractivity (Wildman–Crippen MR) is 89.6 cm³/mol. The van der Waals surface area contributed by atoms with Crippen LogP contribution in [-0.4, -0.2) is 25.0 Å². The Morgan fingerprint density at radius 2 is 1.92 bits per heavy atom. The van der Waals surface area contributed by atoms with E-state index in [0.29, 0.717) is 16.9 Å². The molecule has 1 heterocycles. The van der Waals surface area contributed by atoms with E-state index in [1.54, 1.807) is 32.2 Å². The largest absolute Gasteiger partial charge is 0.493 e. The summed E-state index contributed by atoms with van der Waals surface area (Å²) in [6.07, 6.45) is 0. The van der Waals surface area contributed by atoms with Crippen molar-refractivity contribution in [3.63, 3.8) is 0 Å². The number of para-hydroxylation sites is 1. The summed E-state index contributed by atoms with van der Waals surface area (Å²) in [5.74, 6) is -1.55. The first-order valence-corrected chi connectivity index (χ1v) is 7.71. The molecule has 25 heavy (non-hydrogen) atoms. The molecule has 0 fully saturated rings. The molecule has 0 aliphatic carbocycles. The van der Waals surface area contributed by atoms with Crippen LogP contribution in [0, 0.1) is 11.6 Å². The molecule has 130 valence electrons. The zero-order valence-corrected chi connectivity index (χ0v) is 14.0. The van der Waals surface area contributed by atoms with Crippen molar-refractivity contribution in [3.8, 4) is 5.75 Å². The van der Waals surface area contributed by atoms with Crippen molar-refractivity contribution in [1.82, 2.24) is 4.90 Å². The highest BCUT2D eigenvalue weighted by atomic mass is 19.2. The first-order chi connectivity index (χ1) is 11.9. The molecule has 1 amide bonds. The minimum absolute atomic E-state index is 0.149. The number of halogens is 2. The number of rotatable bonds is 4. The van der Waals surface area contributed by atoms with Crippen LogP contribution in [0.3, 0.4) is 0 Å². The molecule has 0 aliphatic rings. The summed E-state index contributed by atoms with van der Waals surface area (Å²) >= 11 is 0. The summed E-state index contributed by atoms with van der Waals surface area (Å²) < 4.78 is 37.4. The molecule has 1 aromatic heterocycles. The lowest BCUT2D eigenvalue weighted by molar-refractivity contribution is 0.0712. The number of nitrogens with zero attached hydrogens (tertiary/aromatic N) is 1. The standard InChI is InChI=1S/C19H17F2NO3/c1-11(12-7-8-14(20)15(21)9-12)22(2)19(23)17-10-13-5-4-6-16(24-3)18(13)25-17/h4-11H,1-3H3. The van der Waals surface area contributed by atoms with Gasteiger partial charge < -0.3 is 14.1 Å². The Hall–Kier alpha value is -2.89. The van der Waals surface area contributed by atoms with E-state index in [-0.39, 0.29) is 11.7 Å². The number of methoxy groups -OCH3 is 1. The van der Waals surface area contributed by atoms with Gasteiger partial charge in [-0.05, 0) is 36.8 Å². The Morgan fingerprint density at radius 1 is 1.16 bits per heavy atom. The van der Waals surface area contributed by atoms with Gasteiger partial charge in [0.05, 0.1) is 13.2 Å². The lowest BCUT2D eigenvalue weighted by Gasteiger charge is -2.24. The highest BCUT2D eigenvalue weighted by molar-refractivity contribution is 5.97. The van der Waals surface area contributed by atoms with Gasteiger partial charge in [-0.15, -0.1) is 0 Å². The molecular weight excluding hydrogens is 328 g/mol. The summed E-state index contributed by atoms with van der Waals surface area (Å²) in [5, 5.41) is 0.747. The van der Waals surface area contributed by atoms with E-state index in [4.69, 9.17) is 9.15 Å². The fraction of sp³-hybridized carbons (Fsp3) is 0.211. The van der Waals surface area contributed by atoms with Crippen molar-refractivity contribution >= 4 is 16.9 Å². The smallest absolute Gasteiger partial charge is 0.289 e. The minimum atomic E-state index is -0.946. The van der Waals surface area contributed by atoms with Gasteiger partial charge in [-0.1, -0.05) is 18.2 Å². The van der Waals surface area contributed by atoms with Crippen LogP contribution in [0.15, 0.2) is 46.9 Å². The topological polar surface area (TPSA) is 42.7 Å². The average Bonchev–Trinajstić information content (AvgIpc) is 3.06. The molecule has 0 spiro atoms. The lowest BCUT2D eigenvalue weighted by atomic mass is 10.1. The highest BCUT2D eigenvalue weighted by Gasteiger charge is 2.23. The molecule has 1 atom stereocenters. The summed E-state index contributed by atoms with van der Waals surface area (Å²) in [6, 6.07) is 10.1. The zero-order valence-electron chi connectivity index (χ0n) is 14.0. The summed E-state index contributed by atoms with van der Waals surface area (Å²) in [5.41, 5.74) is 0.977. The van der Waals surface area contributed by atoms with Crippen molar-refractivity contribution < 1.29 is 22.7 Å². The van der Waals surface area contributed by atoms with E-state index in [1.165, 1.54) is 18.1 Å². The minimum Gasteiger partial charge on any atom is -0.493 e. The van der Waals surface area contributed by atoms with Gasteiger partial charge in [0.2, 0.25) is 0 Å². The lowest BCUT2D eigenvalue weighted by Crippen LogP contribution is -2.29. The number of hydrogen-bond donors (Lipinski definition) is 0. The predicted octanol–water partition coefficient (Wildman–Crippen LogP) is 4.55. The van der Waals surface area contributed by atoms with Crippen molar-refractivity contribution in [3.05, 3.63) is 65.4 Å². The number of ether oxygens (including phenoxy) is 1. The maximum absolute atomic E-state index is 13.4. The fourth-order valence-corrected chi connectivity index (χ4v) is 2.65. The van der Waals surface area contributed by atoms with E-state index >= 15 is 0 Å². The number of benzene rings is 2. The van der Waals surface area contributed by atoms with Crippen LogP contribution < -0.4 is 4.74 Å². The van der Waals surface area contributed by atoms with E-state index in [0.717, 1.165) is 17.5 Å². The van der Waals surface area contributed by atoms with Crippen LogP contribution >= 0.6 is 0 Å². The van der Waals surface area contributed by atoms with Crippen molar-refractivity contribution in [2.45, 2.75) is 13.0 Å². The first kappa shape index (κ1) is 17.0. The molecule has 0 aliphatic heterocycles. The first-order valence-electron chi connectivity index (χ1n) is 7.71. The molecule has 0 bridgehead atoms. The van der Waals surface area contributed by atoms with Gasteiger partial charge in [-0.2, -0.15) is 0 Å². The second-order valence-electron chi connectivity index (χ2n) is 5.75. The van der Waals surface area contributed by atoms with Crippen LogP contribution in [0.2, 0.25) is 0 Å². The molecule has 0 saturated heterocycles. The van der Waals surface area contributed by atoms with Crippen LogP contribution in [0.4, 0.5) is 8.78 Å². The maximum Gasteiger partial charge on any atom is 0.289 e. The third-order valence-electron chi connectivity index (χ3n) is 4.27. The van der Waals surface area contributed by atoms with Crippen LogP contribution in [0.25, 0.3) is 11.0 Å². The monoisotopic (exact) mass is 345 g/mol. The fourth-order valence-electron chi connectivity index (χ4n) is 2.65. The Bertz CT molecular complexity index is 936. The van der Waals surface area contributed by atoms with Gasteiger partial charge in [0, 0.05) is 12.4 Å². The molecule has 0 saturated carbocycles. The van der Waals surface area contributed by atoms with Crippen molar-refractivity contribution in [2.75, 3.05) is 14.2 Å². The zero-order chi connectivity index (χ0) is 18.1. The van der Waals surface area contributed by atoms with Crippen molar-refractivity contribution in [2.24, 2.45) is 0 Å². The molecule has 1 unspecified atom stereocenters. The van der Waals surface area contributed by atoms with Gasteiger partial charge in [-0.3, -0.25) is 4.79 Å². The number of carbonyl (C=O) groups is 1. The van der Waals surface area contributed by atoms with E-state index < -0.39 is 17.7 Å². The van der Waals surface area contributed by atoms with Gasteiger partial charge in [-0.25, -0.2) is 8.78 Å². The van der Waals surface area contributed by atoms with E-state index in [9.17, 15) is 13.6 Å². The number of fused-ring (bicyclic) bond motifs is 1.